The van der Waals surface area contributed by atoms with Crippen LogP contribution in [0.3, 0.4) is 0 Å². The van der Waals surface area contributed by atoms with E-state index in [1.54, 1.807) is 25.3 Å². The zero-order valence-electron chi connectivity index (χ0n) is 20.0. The standard InChI is InChI=1S/C28H30Cl2N2O3/c1-20-9-11-21(12-10-20)19-35-26(22-5-3-6-23(17-22)34-2)18-31-13-15-32(16-14-31)28(33)27-24(29)7-4-8-25(27)30/h3-12,17,26H,13-16,18-19H2,1-2H3/t26-/m1/s1. The van der Waals surface area contributed by atoms with Crippen molar-refractivity contribution in [1.82, 2.24) is 9.80 Å². The second-order valence-corrected chi connectivity index (χ2v) is 9.57. The average Bonchev–Trinajstić information content (AvgIpc) is 2.87. The van der Waals surface area contributed by atoms with Gasteiger partial charge >= 0.3 is 0 Å². The van der Waals surface area contributed by atoms with Crippen LogP contribution in [0, 0.1) is 6.92 Å². The van der Waals surface area contributed by atoms with Crippen LogP contribution in [0.2, 0.25) is 10.0 Å². The quantitative estimate of drug-likeness (QED) is 0.369. The third-order valence-corrected chi connectivity index (χ3v) is 6.93. The Labute approximate surface area is 217 Å². The minimum atomic E-state index is -0.133. The van der Waals surface area contributed by atoms with E-state index in [4.69, 9.17) is 32.7 Å². The van der Waals surface area contributed by atoms with Gasteiger partial charge in [0.25, 0.3) is 5.91 Å². The average molecular weight is 513 g/mol. The first-order valence-electron chi connectivity index (χ1n) is 11.7. The fourth-order valence-electron chi connectivity index (χ4n) is 4.21. The lowest BCUT2D eigenvalue weighted by Gasteiger charge is -2.36. The number of ether oxygens (including phenoxy) is 2. The zero-order valence-corrected chi connectivity index (χ0v) is 21.6. The van der Waals surface area contributed by atoms with Crippen molar-refractivity contribution in [1.29, 1.82) is 0 Å². The molecule has 5 nitrogen and oxygen atoms in total. The van der Waals surface area contributed by atoms with Gasteiger partial charge in [-0.2, -0.15) is 0 Å². The van der Waals surface area contributed by atoms with Gasteiger partial charge in [0.1, 0.15) is 5.75 Å². The predicted molar refractivity (Wildman–Crippen MR) is 141 cm³/mol. The van der Waals surface area contributed by atoms with Gasteiger partial charge in [0, 0.05) is 32.7 Å². The number of carbonyl (C=O) groups is 1. The second-order valence-electron chi connectivity index (χ2n) is 8.75. The maximum atomic E-state index is 13.0. The van der Waals surface area contributed by atoms with Crippen molar-refractivity contribution in [2.75, 3.05) is 39.8 Å². The maximum absolute atomic E-state index is 13.0. The zero-order chi connectivity index (χ0) is 24.8. The molecule has 7 heteroatoms. The molecule has 0 saturated carbocycles. The molecule has 0 radical (unpaired) electrons. The van der Waals surface area contributed by atoms with Crippen LogP contribution in [0.4, 0.5) is 0 Å². The molecule has 1 heterocycles. The predicted octanol–water partition coefficient (Wildman–Crippen LogP) is 6.03. The maximum Gasteiger partial charge on any atom is 0.256 e. The minimum absolute atomic E-state index is 0.125. The molecule has 0 aliphatic carbocycles. The summed E-state index contributed by atoms with van der Waals surface area (Å²) < 4.78 is 11.9. The lowest BCUT2D eigenvalue weighted by molar-refractivity contribution is 0.00334. The number of carbonyl (C=O) groups excluding carboxylic acids is 1. The van der Waals surface area contributed by atoms with E-state index in [2.05, 4.69) is 42.2 Å². The number of benzene rings is 3. The summed E-state index contributed by atoms with van der Waals surface area (Å²) in [7, 11) is 1.67. The Hall–Kier alpha value is -2.57. The van der Waals surface area contributed by atoms with Gasteiger partial charge < -0.3 is 14.4 Å². The number of aryl methyl sites for hydroxylation is 1. The number of methoxy groups -OCH3 is 1. The van der Waals surface area contributed by atoms with E-state index in [1.807, 2.05) is 23.1 Å². The van der Waals surface area contributed by atoms with Crippen LogP contribution in [-0.2, 0) is 11.3 Å². The van der Waals surface area contributed by atoms with E-state index in [0.29, 0.717) is 41.8 Å². The lowest BCUT2D eigenvalue weighted by Crippen LogP contribution is -2.49. The molecule has 4 rings (SSSR count). The van der Waals surface area contributed by atoms with Crippen LogP contribution in [0.5, 0.6) is 5.75 Å². The van der Waals surface area contributed by atoms with Crippen molar-refractivity contribution >= 4 is 29.1 Å². The van der Waals surface area contributed by atoms with Gasteiger partial charge in [0.2, 0.25) is 0 Å². The molecule has 0 bridgehead atoms. The van der Waals surface area contributed by atoms with Gasteiger partial charge in [-0.05, 0) is 42.3 Å². The van der Waals surface area contributed by atoms with Crippen LogP contribution >= 0.6 is 23.2 Å². The summed E-state index contributed by atoms with van der Waals surface area (Å²) in [6, 6.07) is 21.5. The topological polar surface area (TPSA) is 42.0 Å². The molecule has 1 aliphatic heterocycles. The number of amides is 1. The summed E-state index contributed by atoms with van der Waals surface area (Å²) in [6.45, 7) is 5.99. The van der Waals surface area contributed by atoms with Gasteiger partial charge in [-0.25, -0.2) is 0 Å². The Morgan fingerprint density at radius 1 is 0.943 bits per heavy atom. The van der Waals surface area contributed by atoms with Crippen LogP contribution in [0.15, 0.2) is 66.7 Å². The van der Waals surface area contributed by atoms with E-state index < -0.39 is 0 Å². The third kappa shape index (κ3) is 6.56. The molecule has 0 spiro atoms. The minimum Gasteiger partial charge on any atom is -0.497 e. The van der Waals surface area contributed by atoms with Gasteiger partial charge in [0.15, 0.2) is 0 Å². The van der Waals surface area contributed by atoms with Crippen LogP contribution in [0.1, 0.15) is 33.2 Å². The molecule has 0 aromatic heterocycles. The molecule has 0 unspecified atom stereocenters. The third-order valence-electron chi connectivity index (χ3n) is 6.30. The largest absolute Gasteiger partial charge is 0.497 e. The van der Waals surface area contributed by atoms with Crippen molar-refractivity contribution in [3.8, 4) is 5.75 Å². The SMILES string of the molecule is COc1cccc([C@@H](CN2CCN(C(=O)c3c(Cl)cccc3Cl)CC2)OCc2ccc(C)cc2)c1. The van der Waals surface area contributed by atoms with Crippen molar-refractivity contribution in [2.45, 2.75) is 19.6 Å². The van der Waals surface area contributed by atoms with Crippen LogP contribution in [-0.4, -0.2) is 55.5 Å². The Bertz CT molecular complexity index is 1120. The van der Waals surface area contributed by atoms with Gasteiger partial charge in [0.05, 0.1) is 35.4 Å². The summed E-state index contributed by atoms with van der Waals surface area (Å²) in [5, 5.41) is 0.764. The number of nitrogens with zero attached hydrogens (tertiary/aromatic N) is 2. The number of halogens is 2. The first-order valence-corrected chi connectivity index (χ1v) is 12.5. The molecule has 35 heavy (non-hydrogen) atoms. The molecule has 1 aliphatic rings. The number of piperazine rings is 1. The summed E-state index contributed by atoms with van der Waals surface area (Å²) in [6.07, 6.45) is -0.133. The van der Waals surface area contributed by atoms with Crippen molar-refractivity contribution in [3.63, 3.8) is 0 Å². The Kier molecular flexibility index (Phi) is 8.69. The van der Waals surface area contributed by atoms with E-state index in [1.165, 1.54) is 5.56 Å². The number of hydrogen-bond acceptors (Lipinski definition) is 4. The molecule has 1 saturated heterocycles. The highest BCUT2D eigenvalue weighted by Crippen LogP contribution is 2.28. The Morgan fingerprint density at radius 3 is 2.26 bits per heavy atom. The van der Waals surface area contributed by atoms with Crippen LogP contribution in [0.25, 0.3) is 0 Å². The van der Waals surface area contributed by atoms with Crippen LogP contribution < -0.4 is 4.74 Å². The summed E-state index contributed by atoms with van der Waals surface area (Å²) >= 11 is 12.5. The van der Waals surface area contributed by atoms with Crippen molar-refractivity contribution in [3.05, 3.63) is 99.0 Å². The molecule has 1 amide bonds. The highest BCUT2D eigenvalue weighted by molar-refractivity contribution is 6.39. The highest BCUT2D eigenvalue weighted by Gasteiger charge is 2.27. The monoisotopic (exact) mass is 512 g/mol. The van der Waals surface area contributed by atoms with Crippen molar-refractivity contribution in [2.24, 2.45) is 0 Å². The molecule has 1 fully saturated rings. The molecular weight excluding hydrogens is 483 g/mol. The van der Waals surface area contributed by atoms with E-state index in [9.17, 15) is 4.79 Å². The Morgan fingerprint density at radius 2 is 1.60 bits per heavy atom. The fourth-order valence-corrected chi connectivity index (χ4v) is 4.76. The van der Waals surface area contributed by atoms with E-state index in [0.717, 1.165) is 30.0 Å². The van der Waals surface area contributed by atoms with Gasteiger partial charge in [-0.1, -0.05) is 71.2 Å². The summed E-state index contributed by atoms with van der Waals surface area (Å²) in [4.78, 5) is 17.2. The van der Waals surface area contributed by atoms with E-state index >= 15 is 0 Å². The fraction of sp³-hybridized carbons (Fsp3) is 0.321. The first kappa shape index (κ1) is 25.5. The molecule has 3 aromatic rings. The smallest absolute Gasteiger partial charge is 0.256 e. The second kappa shape index (κ2) is 11.9. The van der Waals surface area contributed by atoms with Gasteiger partial charge in [-0.3, -0.25) is 9.69 Å². The number of hydrogen-bond donors (Lipinski definition) is 0. The lowest BCUT2D eigenvalue weighted by atomic mass is 10.1. The number of rotatable bonds is 8. The van der Waals surface area contributed by atoms with Crippen molar-refractivity contribution < 1.29 is 14.3 Å². The molecule has 3 aromatic carbocycles. The summed E-state index contributed by atoms with van der Waals surface area (Å²) in [5.74, 6) is 0.679. The summed E-state index contributed by atoms with van der Waals surface area (Å²) in [5.41, 5.74) is 3.80. The highest BCUT2D eigenvalue weighted by atomic mass is 35.5. The molecule has 1 atom stereocenters. The van der Waals surface area contributed by atoms with E-state index in [-0.39, 0.29) is 12.0 Å². The molecular formula is C28H30Cl2N2O3. The molecule has 0 N–H and O–H groups in total. The molecule has 184 valence electrons. The Balaban J connectivity index is 1.42. The van der Waals surface area contributed by atoms with Gasteiger partial charge in [-0.15, -0.1) is 0 Å². The first-order chi connectivity index (χ1) is 16.9. The normalized spacial score (nSPS) is 15.1.